The first-order valence-corrected chi connectivity index (χ1v) is 9.22. The zero-order chi connectivity index (χ0) is 21.2. The first-order chi connectivity index (χ1) is 13.8. The molecular weight excluding hydrogens is 376 g/mol. The molecule has 0 aromatic heterocycles. The van der Waals surface area contributed by atoms with Crippen molar-refractivity contribution in [3.8, 4) is 0 Å². The summed E-state index contributed by atoms with van der Waals surface area (Å²) in [4.78, 5) is 34.7. The molecule has 0 aliphatic heterocycles. The number of nitrogens with one attached hydrogen (secondary N) is 1. The van der Waals surface area contributed by atoms with E-state index in [-0.39, 0.29) is 24.8 Å². The summed E-state index contributed by atoms with van der Waals surface area (Å²) in [6.07, 6.45) is -0.314. The van der Waals surface area contributed by atoms with Crippen LogP contribution in [0.3, 0.4) is 0 Å². The number of carbonyl (C=O) groups excluding carboxylic acids is 2. The van der Waals surface area contributed by atoms with Crippen LogP contribution in [0.15, 0.2) is 54.6 Å². The first-order valence-electron chi connectivity index (χ1n) is 9.22. The molecule has 2 rings (SSSR count). The number of rotatable bonds is 9. The highest BCUT2D eigenvalue weighted by Gasteiger charge is 2.24. The number of non-ortho nitro benzene ring substituents is 1. The van der Waals surface area contributed by atoms with Gasteiger partial charge in [0.1, 0.15) is 19.3 Å². The maximum Gasteiger partial charge on any atom is 0.408 e. The lowest BCUT2D eigenvalue weighted by Crippen LogP contribution is -2.42. The third kappa shape index (κ3) is 7.61. The molecule has 0 bridgehead atoms. The van der Waals surface area contributed by atoms with E-state index in [0.29, 0.717) is 12.0 Å². The third-order valence-corrected chi connectivity index (χ3v) is 4.02. The van der Waals surface area contributed by atoms with Crippen molar-refractivity contribution in [3.05, 3.63) is 75.8 Å². The van der Waals surface area contributed by atoms with Crippen LogP contribution in [0, 0.1) is 16.0 Å². The minimum atomic E-state index is -0.851. The quantitative estimate of drug-likeness (QED) is 0.387. The number of hydrogen-bond acceptors (Lipinski definition) is 6. The van der Waals surface area contributed by atoms with Gasteiger partial charge >= 0.3 is 12.1 Å². The summed E-state index contributed by atoms with van der Waals surface area (Å²) in [6, 6.07) is 14.1. The summed E-state index contributed by atoms with van der Waals surface area (Å²) in [5.74, 6) is -0.449. The van der Waals surface area contributed by atoms with Crippen LogP contribution in [0.4, 0.5) is 10.5 Å². The van der Waals surface area contributed by atoms with Gasteiger partial charge in [0.15, 0.2) is 0 Å². The van der Waals surface area contributed by atoms with Crippen LogP contribution in [0.1, 0.15) is 31.4 Å². The Morgan fingerprint density at radius 2 is 1.55 bits per heavy atom. The highest BCUT2D eigenvalue weighted by atomic mass is 16.6. The lowest BCUT2D eigenvalue weighted by Gasteiger charge is -2.19. The number of esters is 1. The SMILES string of the molecule is CC(C)CC(NC(=O)OCc1ccccc1)C(=O)OCc1ccc([N+](=O)[O-])cc1. The van der Waals surface area contributed by atoms with Gasteiger partial charge in [0.05, 0.1) is 4.92 Å². The van der Waals surface area contributed by atoms with E-state index in [1.807, 2.05) is 44.2 Å². The number of amides is 1. The van der Waals surface area contributed by atoms with E-state index in [0.717, 1.165) is 5.56 Å². The Bertz CT molecular complexity index is 821. The van der Waals surface area contributed by atoms with Gasteiger partial charge in [0.2, 0.25) is 0 Å². The molecule has 1 atom stereocenters. The van der Waals surface area contributed by atoms with Gasteiger partial charge in [0.25, 0.3) is 5.69 Å². The van der Waals surface area contributed by atoms with E-state index in [1.165, 1.54) is 24.3 Å². The molecule has 29 heavy (non-hydrogen) atoms. The molecule has 154 valence electrons. The monoisotopic (exact) mass is 400 g/mol. The Kier molecular flexibility index (Phi) is 8.14. The van der Waals surface area contributed by atoms with Gasteiger partial charge in [-0.1, -0.05) is 44.2 Å². The number of benzene rings is 2. The van der Waals surface area contributed by atoms with Crippen LogP contribution in [0.2, 0.25) is 0 Å². The Labute approximate surface area is 169 Å². The molecule has 0 fully saturated rings. The van der Waals surface area contributed by atoms with Gasteiger partial charge < -0.3 is 14.8 Å². The predicted octanol–water partition coefficient (Wildman–Crippen LogP) is 3.98. The van der Waals surface area contributed by atoms with Crippen LogP contribution >= 0.6 is 0 Å². The molecule has 8 heteroatoms. The molecule has 0 aliphatic carbocycles. The highest BCUT2D eigenvalue weighted by Crippen LogP contribution is 2.14. The molecule has 1 unspecified atom stereocenters. The van der Waals surface area contributed by atoms with Gasteiger partial charge in [0, 0.05) is 12.1 Å². The molecule has 0 radical (unpaired) electrons. The summed E-state index contributed by atoms with van der Waals surface area (Å²) in [6.45, 7) is 3.90. The summed E-state index contributed by atoms with van der Waals surface area (Å²) < 4.78 is 10.4. The number of nitro groups is 1. The molecule has 0 saturated heterocycles. The minimum absolute atomic E-state index is 0.0411. The van der Waals surface area contributed by atoms with Crippen molar-refractivity contribution in [2.24, 2.45) is 5.92 Å². The van der Waals surface area contributed by atoms with Crippen molar-refractivity contribution in [1.82, 2.24) is 5.32 Å². The molecule has 2 aromatic rings. The van der Waals surface area contributed by atoms with Gasteiger partial charge in [-0.3, -0.25) is 10.1 Å². The number of nitro benzene ring substituents is 1. The fourth-order valence-electron chi connectivity index (χ4n) is 2.56. The summed E-state index contributed by atoms with van der Waals surface area (Å²) in [5.41, 5.74) is 1.41. The van der Waals surface area contributed by atoms with Crippen molar-refractivity contribution in [2.75, 3.05) is 0 Å². The highest BCUT2D eigenvalue weighted by molar-refractivity contribution is 5.81. The molecule has 2 aromatic carbocycles. The molecule has 1 amide bonds. The fraction of sp³-hybridized carbons (Fsp3) is 0.333. The Morgan fingerprint density at radius 3 is 2.14 bits per heavy atom. The molecule has 8 nitrogen and oxygen atoms in total. The maximum atomic E-state index is 12.4. The second-order valence-corrected chi connectivity index (χ2v) is 6.92. The predicted molar refractivity (Wildman–Crippen MR) is 106 cm³/mol. The second-order valence-electron chi connectivity index (χ2n) is 6.92. The van der Waals surface area contributed by atoms with E-state index in [1.54, 1.807) is 0 Å². The van der Waals surface area contributed by atoms with Gasteiger partial charge in [-0.05, 0) is 35.6 Å². The van der Waals surface area contributed by atoms with Crippen LogP contribution in [-0.4, -0.2) is 23.0 Å². The largest absolute Gasteiger partial charge is 0.459 e. The van der Waals surface area contributed by atoms with E-state index in [4.69, 9.17) is 9.47 Å². The fourth-order valence-corrected chi connectivity index (χ4v) is 2.56. The average molecular weight is 400 g/mol. The molecule has 0 heterocycles. The molecule has 0 aliphatic rings. The number of alkyl carbamates (subject to hydrolysis) is 1. The Morgan fingerprint density at radius 1 is 0.966 bits per heavy atom. The minimum Gasteiger partial charge on any atom is -0.459 e. The van der Waals surface area contributed by atoms with Crippen molar-refractivity contribution in [2.45, 2.75) is 39.5 Å². The Balaban J connectivity index is 1.89. The van der Waals surface area contributed by atoms with Crippen molar-refractivity contribution in [1.29, 1.82) is 0 Å². The standard InChI is InChI=1S/C21H24N2O6/c1-15(2)12-19(22-21(25)29-14-16-6-4-3-5-7-16)20(24)28-13-17-8-10-18(11-9-17)23(26)27/h3-11,15,19H,12-14H2,1-2H3,(H,22,25). The Hall–Kier alpha value is -3.42. The zero-order valence-electron chi connectivity index (χ0n) is 16.4. The number of nitrogens with zero attached hydrogens (tertiary/aromatic N) is 1. The lowest BCUT2D eigenvalue weighted by atomic mass is 10.0. The average Bonchev–Trinajstić information content (AvgIpc) is 2.70. The van der Waals surface area contributed by atoms with E-state index in [2.05, 4.69) is 5.32 Å². The van der Waals surface area contributed by atoms with Crippen LogP contribution in [0.5, 0.6) is 0 Å². The van der Waals surface area contributed by atoms with E-state index in [9.17, 15) is 19.7 Å². The van der Waals surface area contributed by atoms with Crippen molar-refractivity contribution >= 4 is 17.7 Å². The second kappa shape index (κ2) is 10.8. The molecule has 0 saturated carbocycles. The van der Waals surface area contributed by atoms with E-state index >= 15 is 0 Å². The summed E-state index contributed by atoms with van der Waals surface area (Å²) >= 11 is 0. The topological polar surface area (TPSA) is 108 Å². The van der Waals surface area contributed by atoms with Gasteiger partial charge in [-0.15, -0.1) is 0 Å². The van der Waals surface area contributed by atoms with Gasteiger partial charge in [-0.2, -0.15) is 0 Å². The maximum absolute atomic E-state index is 12.4. The number of carbonyl (C=O) groups is 2. The van der Waals surface area contributed by atoms with Crippen molar-refractivity contribution < 1.29 is 24.0 Å². The van der Waals surface area contributed by atoms with Crippen LogP contribution in [-0.2, 0) is 27.5 Å². The summed E-state index contributed by atoms with van der Waals surface area (Å²) in [5, 5.41) is 13.2. The first kappa shape index (κ1) is 21.9. The van der Waals surface area contributed by atoms with Crippen molar-refractivity contribution in [3.63, 3.8) is 0 Å². The van der Waals surface area contributed by atoms with Crippen LogP contribution in [0.25, 0.3) is 0 Å². The lowest BCUT2D eigenvalue weighted by molar-refractivity contribution is -0.384. The number of hydrogen-bond donors (Lipinski definition) is 1. The van der Waals surface area contributed by atoms with E-state index < -0.39 is 23.0 Å². The smallest absolute Gasteiger partial charge is 0.408 e. The number of ether oxygens (including phenoxy) is 2. The molecule has 1 N–H and O–H groups in total. The molecular formula is C21H24N2O6. The third-order valence-electron chi connectivity index (χ3n) is 4.02. The zero-order valence-corrected chi connectivity index (χ0v) is 16.4. The van der Waals surface area contributed by atoms with Gasteiger partial charge in [-0.25, -0.2) is 9.59 Å². The van der Waals surface area contributed by atoms with Crippen LogP contribution < -0.4 is 5.32 Å². The summed E-state index contributed by atoms with van der Waals surface area (Å²) in [7, 11) is 0. The normalized spacial score (nSPS) is 11.6. The molecule has 0 spiro atoms.